The van der Waals surface area contributed by atoms with Gasteiger partial charge >= 0.3 is 0 Å². The van der Waals surface area contributed by atoms with E-state index in [1.165, 1.54) is 12.8 Å². The fraction of sp³-hybridized carbons (Fsp3) is 0.538. The summed E-state index contributed by atoms with van der Waals surface area (Å²) in [4.78, 5) is 18.3. The predicted octanol–water partition coefficient (Wildman–Crippen LogP) is 1.84. The standard InChI is InChI=1S/C13H19N3O/c1-8-12(6-11(14)7-15-8)13(17)16(3)9(2)10-4-5-10/h6-7,9-10H,4-5,14H2,1-3H3. The first-order chi connectivity index (χ1) is 8.00. The van der Waals surface area contributed by atoms with Gasteiger partial charge in [0.15, 0.2) is 0 Å². The van der Waals surface area contributed by atoms with Crippen molar-refractivity contribution in [2.75, 3.05) is 12.8 Å². The van der Waals surface area contributed by atoms with Gasteiger partial charge in [0.05, 0.1) is 23.1 Å². The van der Waals surface area contributed by atoms with E-state index in [1.54, 1.807) is 17.2 Å². The van der Waals surface area contributed by atoms with Crippen LogP contribution in [0.2, 0.25) is 0 Å². The monoisotopic (exact) mass is 233 g/mol. The van der Waals surface area contributed by atoms with E-state index >= 15 is 0 Å². The van der Waals surface area contributed by atoms with Crippen molar-refractivity contribution in [3.8, 4) is 0 Å². The van der Waals surface area contributed by atoms with Gasteiger partial charge in [-0.15, -0.1) is 0 Å². The van der Waals surface area contributed by atoms with Crippen molar-refractivity contribution in [3.05, 3.63) is 23.5 Å². The fourth-order valence-corrected chi connectivity index (χ4v) is 2.04. The Morgan fingerprint density at radius 2 is 2.24 bits per heavy atom. The molecule has 1 fully saturated rings. The van der Waals surface area contributed by atoms with Crippen molar-refractivity contribution in [3.63, 3.8) is 0 Å². The highest BCUT2D eigenvalue weighted by atomic mass is 16.2. The number of pyridine rings is 1. The number of nitrogens with zero attached hydrogens (tertiary/aromatic N) is 2. The number of aromatic nitrogens is 1. The highest BCUT2D eigenvalue weighted by molar-refractivity contribution is 5.96. The molecule has 4 heteroatoms. The van der Waals surface area contributed by atoms with Gasteiger partial charge < -0.3 is 10.6 Å². The van der Waals surface area contributed by atoms with Gasteiger partial charge in [0.2, 0.25) is 0 Å². The Morgan fingerprint density at radius 3 is 2.82 bits per heavy atom. The zero-order valence-corrected chi connectivity index (χ0v) is 10.6. The van der Waals surface area contributed by atoms with Crippen LogP contribution in [0, 0.1) is 12.8 Å². The zero-order valence-electron chi connectivity index (χ0n) is 10.6. The van der Waals surface area contributed by atoms with Crippen LogP contribution < -0.4 is 5.73 Å². The number of hydrogen-bond acceptors (Lipinski definition) is 3. The normalized spacial score (nSPS) is 16.6. The lowest BCUT2D eigenvalue weighted by Gasteiger charge is -2.25. The Kier molecular flexibility index (Phi) is 3.05. The van der Waals surface area contributed by atoms with E-state index in [2.05, 4.69) is 11.9 Å². The molecule has 1 amide bonds. The van der Waals surface area contributed by atoms with E-state index in [1.807, 2.05) is 14.0 Å². The van der Waals surface area contributed by atoms with Gasteiger partial charge in [-0.1, -0.05) is 0 Å². The van der Waals surface area contributed by atoms with E-state index < -0.39 is 0 Å². The molecule has 1 heterocycles. The van der Waals surface area contributed by atoms with E-state index in [0.29, 0.717) is 23.2 Å². The summed E-state index contributed by atoms with van der Waals surface area (Å²) in [6, 6.07) is 2.00. The van der Waals surface area contributed by atoms with Crippen LogP contribution in [0.1, 0.15) is 35.8 Å². The Bertz CT molecular complexity index is 440. The molecule has 2 rings (SSSR count). The molecule has 92 valence electrons. The number of carbonyl (C=O) groups excluding carboxylic acids is 1. The molecular weight excluding hydrogens is 214 g/mol. The number of carbonyl (C=O) groups is 1. The molecule has 1 aliphatic rings. The lowest BCUT2D eigenvalue weighted by Crippen LogP contribution is -2.36. The molecule has 1 aromatic heterocycles. The molecule has 0 saturated heterocycles. The van der Waals surface area contributed by atoms with E-state index in [0.717, 1.165) is 5.69 Å². The zero-order chi connectivity index (χ0) is 12.6. The molecule has 1 atom stereocenters. The van der Waals surface area contributed by atoms with Gasteiger partial charge in [0.25, 0.3) is 5.91 Å². The molecule has 1 unspecified atom stereocenters. The third-order valence-electron chi connectivity index (χ3n) is 3.57. The summed E-state index contributed by atoms with van der Waals surface area (Å²) < 4.78 is 0. The highest BCUT2D eigenvalue weighted by Gasteiger charge is 2.33. The molecule has 0 bridgehead atoms. The summed E-state index contributed by atoms with van der Waals surface area (Å²) >= 11 is 0. The van der Waals surface area contributed by atoms with Crippen LogP contribution in [0.25, 0.3) is 0 Å². The minimum Gasteiger partial charge on any atom is -0.397 e. The summed E-state index contributed by atoms with van der Waals surface area (Å²) in [5.41, 5.74) is 7.56. The fourth-order valence-electron chi connectivity index (χ4n) is 2.04. The molecule has 4 nitrogen and oxygen atoms in total. The summed E-state index contributed by atoms with van der Waals surface area (Å²) in [6.07, 6.45) is 4.04. The van der Waals surface area contributed by atoms with Gasteiger partial charge in [-0.2, -0.15) is 0 Å². The Hall–Kier alpha value is -1.58. The van der Waals surface area contributed by atoms with Crippen LogP contribution >= 0.6 is 0 Å². The maximum absolute atomic E-state index is 12.3. The minimum atomic E-state index is 0.0155. The number of anilines is 1. The third-order valence-corrected chi connectivity index (χ3v) is 3.57. The summed E-state index contributed by atoms with van der Waals surface area (Å²) in [5, 5.41) is 0. The highest BCUT2D eigenvalue weighted by Crippen LogP contribution is 2.35. The van der Waals surface area contributed by atoms with Crippen LogP contribution in [-0.4, -0.2) is 28.9 Å². The molecule has 0 aromatic carbocycles. The second kappa shape index (κ2) is 4.35. The minimum absolute atomic E-state index is 0.0155. The van der Waals surface area contributed by atoms with Gasteiger partial charge in [0.1, 0.15) is 0 Å². The van der Waals surface area contributed by atoms with Gasteiger partial charge in [0, 0.05) is 13.1 Å². The Labute approximate surface area is 102 Å². The average molecular weight is 233 g/mol. The van der Waals surface area contributed by atoms with Gasteiger partial charge in [-0.05, 0) is 38.7 Å². The molecule has 0 radical (unpaired) electrons. The predicted molar refractivity (Wildman–Crippen MR) is 67.7 cm³/mol. The largest absolute Gasteiger partial charge is 0.397 e. The van der Waals surface area contributed by atoms with Crippen LogP contribution in [0.5, 0.6) is 0 Å². The second-order valence-electron chi connectivity index (χ2n) is 4.90. The third kappa shape index (κ3) is 2.40. The first-order valence-corrected chi connectivity index (χ1v) is 6.00. The van der Waals surface area contributed by atoms with Crippen molar-refractivity contribution in [1.29, 1.82) is 0 Å². The average Bonchev–Trinajstić information content (AvgIpc) is 3.13. The summed E-state index contributed by atoms with van der Waals surface area (Å²) in [7, 11) is 1.86. The lowest BCUT2D eigenvalue weighted by molar-refractivity contribution is 0.0726. The maximum atomic E-state index is 12.3. The van der Waals surface area contributed by atoms with Crippen molar-refractivity contribution in [2.45, 2.75) is 32.7 Å². The molecule has 1 aromatic rings. The molecule has 17 heavy (non-hydrogen) atoms. The lowest BCUT2D eigenvalue weighted by atomic mass is 10.1. The topological polar surface area (TPSA) is 59.2 Å². The van der Waals surface area contributed by atoms with Gasteiger partial charge in [-0.3, -0.25) is 9.78 Å². The van der Waals surface area contributed by atoms with Crippen LogP contribution in [0.4, 0.5) is 5.69 Å². The summed E-state index contributed by atoms with van der Waals surface area (Å²) in [6.45, 7) is 3.94. The van der Waals surface area contributed by atoms with Crippen molar-refractivity contribution in [2.24, 2.45) is 5.92 Å². The Morgan fingerprint density at radius 1 is 1.59 bits per heavy atom. The molecule has 1 aliphatic carbocycles. The SMILES string of the molecule is Cc1ncc(N)cc1C(=O)N(C)C(C)C1CC1. The molecule has 0 spiro atoms. The van der Waals surface area contributed by atoms with Crippen molar-refractivity contribution < 1.29 is 4.79 Å². The van der Waals surface area contributed by atoms with E-state index in [4.69, 9.17) is 5.73 Å². The Balaban J connectivity index is 2.20. The number of rotatable bonds is 3. The number of aryl methyl sites for hydroxylation is 1. The molecule has 1 saturated carbocycles. The number of nitrogen functional groups attached to an aromatic ring is 1. The van der Waals surface area contributed by atoms with Crippen LogP contribution in [-0.2, 0) is 0 Å². The van der Waals surface area contributed by atoms with E-state index in [-0.39, 0.29) is 5.91 Å². The number of hydrogen-bond donors (Lipinski definition) is 1. The van der Waals surface area contributed by atoms with Gasteiger partial charge in [-0.25, -0.2) is 0 Å². The first kappa shape index (κ1) is 11.9. The molecule has 2 N–H and O–H groups in total. The van der Waals surface area contributed by atoms with Crippen LogP contribution in [0.3, 0.4) is 0 Å². The number of amides is 1. The van der Waals surface area contributed by atoms with Crippen molar-refractivity contribution in [1.82, 2.24) is 9.88 Å². The number of nitrogens with two attached hydrogens (primary N) is 1. The quantitative estimate of drug-likeness (QED) is 0.866. The summed E-state index contributed by atoms with van der Waals surface area (Å²) in [5.74, 6) is 0.681. The second-order valence-corrected chi connectivity index (χ2v) is 4.90. The van der Waals surface area contributed by atoms with E-state index in [9.17, 15) is 4.79 Å². The smallest absolute Gasteiger partial charge is 0.255 e. The molecule has 0 aliphatic heterocycles. The van der Waals surface area contributed by atoms with Crippen LogP contribution in [0.15, 0.2) is 12.3 Å². The molecular formula is C13H19N3O. The first-order valence-electron chi connectivity index (χ1n) is 6.00. The van der Waals surface area contributed by atoms with Crippen molar-refractivity contribution >= 4 is 11.6 Å². The maximum Gasteiger partial charge on any atom is 0.255 e.